The molecule has 0 atom stereocenters. The van der Waals surface area contributed by atoms with Crippen LogP contribution in [0.15, 0.2) is 174 Å². The Labute approximate surface area is 271 Å². The van der Waals surface area contributed by atoms with Crippen LogP contribution in [0, 0.1) is 0 Å². The van der Waals surface area contributed by atoms with Crippen molar-refractivity contribution in [3.63, 3.8) is 0 Å². The summed E-state index contributed by atoms with van der Waals surface area (Å²) >= 11 is 0. The van der Waals surface area contributed by atoms with Crippen molar-refractivity contribution in [2.24, 2.45) is 0 Å². The van der Waals surface area contributed by atoms with Gasteiger partial charge in [-0.05, 0) is 95.3 Å². The van der Waals surface area contributed by atoms with E-state index < -0.39 is 0 Å². The summed E-state index contributed by atoms with van der Waals surface area (Å²) in [7, 11) is 0. The molecule has 0 aliphatic heterocycles. The third-order valence-electron chi connectivity index (χ3n) is 9.83. The number of fused-ring (bicyclic) bond motifs is 8. The molecule has 0 fully saturated rings. The van der Waals surface area contributed by atoms with Crippen LogP contribution in [0.4, 0.5) is 0 Å². The fourth-order valence-electron chi connectivity index (χ4n) is 7.69. The molecule has 1 nitrogen and oxygen atoms in total. The van der Waals surface area contributed by atoms with Crippen molar-refractivity contribution in [3.8, 4) is 33.4 Å². The summed E-state index contributed by atoms with van der Waals surface area (Å²) in [6.45, 7) is 0. The van der Waals surface area contributed by atoms with Gasteiger partial charge in [-0.15, -0.1) is 0 Å². The van der Waals surface area contributed by atoms with Crippen LogP contribution in [0.1, 0.15) is 0 Å². The Morgan fingerprint density at radius 2 is 0.872 bits per heavy atom. The maximum Gasteiger partial charge on any atom is 0.143 e. The van der Waals surface area contributed by atoms with Gasteiger partial charge in [-0.1, -0.05) is 146 Å². The number of furan rings is 1. The van der Waals surface area contributed by atoms with E-state index in [1.165, 1.54) is 65.5 Å². The summed E-state index contributed by atoms with van der Waals surface area (Å²) in [4.78, 5) is 0. The van der Waals surface area contributed by atoms with Crippen LogP contribution >= 0.6 is 0 Å². The first-order chi connectivity index (χ1) is 23.3. The van der Waals surface area contributed by atoms with Gasteiger partial charge in [0.2, 0.25) is 0 Å². The lowest BCUT2D eigenvalue weighted by Crippen LogP contribution is -1.92. The minimum absolute atomic E-state index is 0.907. The van der Waals surface area contributed by atoms with E-state index in [1.807, 2.05) is 0 Å². The minimum Gasteiger partial charge on any atom is -0.455 e. The van der Waals surface area contributed by atoms with Gasteiger partial charge in [0.25, 0.3) is 0 Å². The highest BCUT2D eigenvalue weighted by molar-refractivity contribution is 6.27. The second-order valence-corrected chi connectivity index (χ2v) is 12.4. The predicted octanol–water partition coefficient (Wildman–Crippen LogP) is 13.2. The summed E-state index contributed by atoms with van der Waals surface area (Å²) in [6, 6.07) is 61.5. The standard InChI is InChI=1S/C46H28O/c1-2-12-29(13-3-1)32-24-25-35-42-28-41(34-16-6-11-21-40(34)46(42)47-43(35)27-32)45-38-19-9-7-17-36(38)44(37-18-8-10-20-39(37)45)33-23-22-30-14-4-5-15-31(30)26-33/h1-28H. The zero-order valence-electron chi connectivity index (χ0n) is 25.6. The maximum atomic E-state index is 6.71. The molecule has 0 unspecified atom stereocenters. The van der Waals surface area contributed by atoms with Crippen molar-refractivity contribution in [2.45, 2.75) is 0 Å². The van der Waals surface area contributed by atoms with Gasteiger partial charge < -0.3 is 4.42 Å². The van der Waals surface area contributed by atoms with Crippen molar-refractivity contribution < 1.29 is 4.42 Å². The Bertz CT molecular complexity index is 2780. The van der Waals surface area contributed by atoms with Crippen LogP contribution in [-0.4, -0.2) is 0 Å². The van der Waals surface area contributed by atoms with E-state index in [9.17, 15) is 0 Å². The van der Waals surface area contributed by atoms with Crippen molar-refractivity contribution >= 4 is 65.0 Å². The topological polar surface area (TPSA) is 13.1 Å². The van der Waals surface area contributed by atoms with Gasteiger partial charge in [-0.3, -0.25) is 0 Å². The molecule has 0 saturated heterocycles. The molecule has 10 aromatic rings. The van der Waals surface area contributed by atoms with Crippen LogP contribution in [0.5, 0.6) is 0 Å². The second-order valence-electron chi connectivity index (χ2n) is 12.4. The average molecular weight is 597 g/mol. The Hall–Kier alpha value is -6.18. The Morgan fingerprint density at radius 3 is 1.60 bits per heavy atom. The molecule has 47 heavy (non-hydrogen) atoms. The van der Waals surface area contributed by atoms with E-state index in [0.717, 1.165) is 32.9 Å². The SMILES string of the molecule is c1ccc(-c2ccc3c(c2)oc2c4ccccc4c(-c4c5ccccc5c(-c5ccc6ccccc6c5)c5ccccc45)cc32)cc1. The highest BCUT2D eigenvalue weighted by Crippen LogP contribution is 2.48. The molecule has 1 heteroatoms. The molecule has 218 valence electrons. The lowest BCUT2D eigenvalue weighted by molar-refractivity contribution is 0.673. The van der Waals surface area contributed by atoms with E-state index in [1.54, 1.807) is 0 Å². The summed E-state index contributed by atoms with van der Waals surface area (Å²) in [5.74, 6) is 0. The van der Waals surface area contributed by atoms with Crippen LogP contribution in [0.25, 0.3) is 98.4 Å². The van der Waals surface area contributed by atoms with Crippen LogP contribution < -0.4 is 0 Å². The molecule has 0 aliphatic rings. The summed E-state index contributed by atoms with van der Waals surface area (Å²) in [5.41, 5.74) is 9.18. The van der Waals surface area contributed by atoms with Crippen LogP contribution in [-0.2, 0) is 0 Å². The molecule has 0 aliphatic carbocycles. The van der Waals surface area contributed by atoms with Crippen molar-refractivity contribution in [2.75, 3.05) is 0 Å². The smallest absolute Gasteiger partial charge is 0.143 e. The van der Waals surface area contributed by atoms with Crippen molar-refractivity contribution in [1.29, 1.82) is 0 Å². The van der Waals surface area contributed by atoms with Crippen molar-refractivity contribution in [1.82, 2.24) is 0 Å². The van der Waals surface area contributed by atoms with E-state index >= 15 is 0 Å². The first-order valence-electron chi connectivity index (χ1n) is 16.2. The Kier molecular flexibility index (Phi) is 5.64. The van der Waals surface area contributed by atoms with Crippen LogP contribution in [0.2, 0.25) is 0 Å². The summed E-state index contributed by atoms with van der Waals surface area (Å²) in [5, 5.41) is 12.1. The van der Waals surface area contributed by atoms with Gasteiger partial charge in [-0.25, -0.2) is 0 Å². The predicted molar refractivity (Wildman–Crippen MR) is 200 cm³/mol. The second kappa shape index (κ2) is 10.2. The number of hydrogen-bond acceptors (Lipinski definition) is 1. The molecule has 0 spiro atoms. The van der Waals surface area contributed by atoms with Gasteiger partial charge in [-0.2, -0.15) is 0 Å². The molecule has 10 rings (SSSR count). The first-order valence-corrected chi connectivity index (χ1v) is 16.2. The lowest BCUT2D eigenvalue weighted by atomic mass is 9.84. The average Bonchev–Trinajstić information content (AvgIpc) is 3.52. The van der Waals surface area contributed by atoms with Gasteiger partial charge in [0.15, 0.2) is 0 Å². The molecule has 0 amide bonds. The quantitative estimate of drug-likeness (QED) is 0.185. The van der Waals surface area contributed by atoms with Gasteiger partial charge >= 0.3 is 0 Å². The van der Waals surface area contributed by atoms with Crippen LogP contribution in [0.3, 0.4) is 0 Å². The lowest BCUT2D eigenvalue weighted by Gasteiger charge is -2.19. The zero-order chi connectivity index (χ0) is 30.9. The van der Waals surface area contributed by atoms with E-state index in [0.29, 0.717) is 0 Å². The van der Waals surface area contributed by atoms with Crippen molar-refractivity contribution in [3.05, 3.63) is 170 Å². The first kappa shape index (κ1) is 26.1. The van der Waals surface area contributed by atoms with Gasteiger partial charge in [0.1, 0.15) is 11.2 Å². The van der Waals surface area contributed by atoms with Gasteiger partial charge in [0.05, 0.1) is 0 Å². The third-order valence-corrected chi connectivity index (χ3v) is 9.83. The number of hydrogen-bond donors (Lipinski definition) is 0. The molecule has 0 radical (unpaired) electrons. The minimum atomic E-state index is 0.907. The monoisotopic (exact) mass is 596 g/mol. The van der Waals surface area contributed by atoms with E-state index in [4.69, 9.17) is 4.42 Å². The molecule has 0 bridgehead atoms. The van der Waals surface area contributed by atoms with Gasteiger partial charge in [0, 0.05) is 16.2 Å². The maximum absolute atomic E-state index is 6.71. The molecule has 0 N–H and O–H groups in total. The third kappa shape index (κ3) is 3.97. The fraction of sp³-hybridized carbons (Fsp3) is 0. The molecule has 1 heterocycles. The molecule has 9 aromatic carbocycles. The van der Waals surface area contributed by atoms with E-state index in [-0.39, 0.29) is 0 Å². The molecular formula is C46H28O. The van der Waals surface area contributed by atoms with E-state index in [2.05, 4.69) is 170 Å². The highest BCUT2D eigenvalue weighted by atomic mass is 16.3. The summed E-state index contributed by atoms with van der Waals surface area (Å²) in [6.07, 6.45) is 0. The Morgan fingerprint density at radius 1 is 0.298 bits per heavy atom. The number of benzene rings is 9. The highest BCUT2D eigenvalue weighted by Gasteiger charge is 2.21. The Balaban J connectivity index is 1.30. The zero-order valence-corrected chi connectivity index (χ0v) is 25.6. The summed E-state index contributed by atoms with van der Waals surface area (Å²) < 4.78 is 6.71. The molecule has 0 saturated carbocycles. The normalized spacial score (nSPS) is 11.8. The fourth-order valence-corrected chi connectivity index (χ4v) is 7.69. The largest absolute Gasteiger partial charge is 0.455 e. The molecular weight excluding hydrogens is 569 g/mol. The number of rotatable bonds is 3. The molecule has 1 aromatic heterocycles.